The van der Waals surface area contributed by atoms with Crippen molar-refractivity contribution in [1.29, 1.82) is 0 Å². The van der Waals surface area contributed by atoms with Crippen LogP contribution < -0.4 is 0 Å². The molecular weight excluding hydrogens is 375 g/mol. The molecule has 3 aromatic rings. The van der Waals surface area contributed by atoms with Gasteiger partial charge in [0, 0.05) is 6.21 Å². The molecule has 0 spiro atoms. The van der Waals surface area contributed by atoms with Crippen LogP contribution in [0.2, 0.25) is 0 Å². The van der Waals surface area contributed by atoms with Gasteiger partial charge in [-0.15, -0.1) is 11.4 Å². The number of hydrogen-bond acceptors (Lipinski definition) is 1. The van der Waals surface area contributed by atoms with Crippen LogP contribution in [-0.2, 0) is 17.0 Å². The Balaban J connectivity index is 0.000000647. The first-order chi connectivity index (χ1) is 11.8. The monoisotopic (exact) mass is 389 g/mol. The van der Waals surface area contributed by atoms with Crippen LogP contribution in [0.1, 0.15) is 5.56 Å². The minimum atomic E-state index is -0.556. The molecule has 0 unspecified atom stereocenters. The van der Waals surface area contributed by atoms with Crippen LogP contribution in [0, 0.1) is 0 Å². The average Bonchev–Trinajstić information content (AvgIpc) is 2.63. The average molecular weight is 390 g/mol. The molecule has 24 heavy (non-hydrogen) atoms. The summed E-state index contributed by atoms with van der Waals surface area (Å²) in [4.78, 5) is 4.49. The zero-order chi connectivity index (χ0) is 17.0. The van der Waals surface area contributed by atoms with Gasteiger partial charge < -0.3 is 5.32 Å². The van der Waals surface area contributed by atoms with Crippen LogP contribution in [0.3, 0.4) is 0 Å². The molecule has 5 heteroatoms. The van der Waals surface area contributed by atoms with Gasteiger partial charge in [0.1, 0.15) is 0 Å². The second-order valence-corrected chi connectivity index (χ2v) is 7.25. The number of hydrogen-bond donors (Lipinski definition) is 0. The molecular formula is C19H15Cl2N2Ti-. The summed E-state index contributed by atoms with van der Waals surface area (Å²) in [6.45, 7) is 0. The van der Waals surface area contributed by atoms with Crippen molar-refractivity contribution in [3.63, 3.8) is 0 Å². The van der Waals surface area contributed by atoms with Gasteiger partial charge in [-0.1, -0.05) is 72.8 Å². The third-order valence-corrected chi connectivity index (χ3v) is 3.05. The Labute approximate surface area is 159 Å². The quantitative estimate of drug-likeness (QED) is 0.334. The van der Waals surface area contributed by atoms with Crippen molar-refractivity contribution in [3.05, 3.63) is 95.8 Å². The SMILES string of the molecule is C(=Nc1ccccc1)c1ccccc1[N-]c1ccccc1.[Cl][Ti][Cl]. The molecule has 0 aliphatic carbocycles. The molecule has 0 atom stereocenters. The van der Waals surface area contributed by atoms with Crippen molar-refractivity contribution in [1.82, 2.24) is 0 Å². The van der Waals surface area contributed by atoms with Gasteiger partial charge in [-0.3, -0.25) is 4.99 Å². The van der Waals surface area contributed by atoms with Crippen LogP contribution in [-0.4, -0.2) is 6.21 Å². The second kappa shape index (κ2) is 11.1. The fourth-order valence-electron chi connectivity index (χ4n) is 2.00. The summed E-state index contributed by atoms with van der Waals surface area (Å²) in [5.74, 6) is 0. The van der Waals surface area contributed by atoms with Crippen LogP contribution in [0.4, 0.5) is 17.1 Å². The third kappa shape index (κ3) is 6.50. The summed E-state index contributed by atoms with van der Waals surface area (Å²) in [7, 11) is 9.78. The van der Waals surface area contributed by atoms with E-state index < -0.39 is 17.0 Å². The number of aliphatic imine (C=N–C) groups is 1. The number of para-hydroxylation sites is 3. The first kappa shape index (κ1) is 18.8. The van der Waals surface area contributed by atoms with E-state index in [0.717, 1.165) is 22.6 Å². The van der Waals surface area contributed by atoms with Gasteiger partial charge in [0.15, 0.2) is 0 Å². The van der Waals surface area contributed by atoms with Crippen molar-refractivity contribution in [2.24, 2.45) is 4.99 Å². The molecule has 0 fully saturated rings. The number of benzene rings is 3. The second-order valence-electron chi connectivity index (χ2n) is 4.67. The Hall–Kier alpha value is -1.58. The summed E-state index contributed by atoms with van der Waals surface area (Å²) in [5.41, 5.74) is 3.80. The summed E-state index contributed by atoms with van der Waals surface area (Å²) in [6.07, 6.45) is 1.86. The molecule has 3 aromatic carbocycles. The molecule has 0 bridgehead atoms. The predicted octanol–water partition coefficient (Wildman–Crippen LogP) is 7.15. The van der Waals surface area contributed by atoms with Crippen molar-refractivity contribution < 1.29 is 17.0 Å². The Morgan fingerprint density at radius 2 is 1.29 bits per heavy atom. The zero-order valence-electron chi connectivity index (χ0n) is 12.8. The number of halogens is 2. The molecule has 3 rings (SSSR count). The third-order valence-electron chi connectivity index (χ3n) is 3.05. The van der Waals surface area contributed by atoms with E-state index in [4.69, 9.17) is 18.6 Å². The molecule has 0 aromatic heterocycles. The van der Waals surface area contributed by atoms with Gasteiger partial charge in [-0.25, -0.2) is 0 Å². The standard InChI is InChI=1S/C19H15N2.2ClH.Ti/c1-3-10-17(11-4-1)20-15-16-9-7-8-14-19(16)21-18-12-5-2-6-13-18;;;/h1-15H;2*1H;/q-1;;;+2/p-2. The minimum absolute atomic E-state index is 0.556. The molecule has 0 saturated carbocycles. The Bertz CT molecular complexity index is 750. The maximum absolute atomic E-state index is 4.89. The van der Waals surface area contributed by atoms with Gasteiger partial charge >= 0.3 is 35.6 Å². The van der Waals surface area contributed by atoms with Gasteiger partial charge in [-0.05, 0) is 17.7 Å². The number of rotatable bonds is 4. The van der Waals surface area contributed by atoms with Gasteiger partial charge in [-0.2, -0.15) is 0 Å². The van der Waals surface area contributed by atoms with Gasteiger partial charge in [0.2, 0.25) is 0 Å². The van der Waals surface area contributed by atoms with E-state index in [1.807, 2.05) is 91.1 Å². The van der Waals surface area contributed by atoms with E-state index in [9.17, 15) is 0 Å². The molecule has 0 heterocycles. The van der Waals surface area contributed by atoms with E-state index in [1.165, 1.54) is 0 Å². The molecule has 0 amide bonds. The fourth-order valence-corrected chi connectivity index (χ4v) is 2.00. The molecule has 0 N–H and O–H groups in total. The summed E-state index contributed by atoms with van der Waals surface area (Å²) in [6, 6.07) is 27.8. The Morgan fingerprint density at radius 1 is 0.750 bits per heavy atom. The van der Waals surface area contributed by atoms with Crippen LogP contribution in [0.5, 0.6) is 0 Å². The van der Waals surface area contributed by atoms with Crippen molar-refractivity contribution >= 4 is 41.9 Å². The van der Waals surface area contributed by atoms with Gasteiger partial charge in [0.05, 0.1) is 5.69 Å². The van der Waals surface area contributed by atoms with Crippen LogP contribution in [0.15, 0.2) is 89.9 Å². The van der Waals surface area contributed by atoms with Crippen molar-refractivity contribution in [2.75, 3.05) is 0 Å². The van der Waals surface area contributed by atoms with E-state index in [0.29, 0.717) is 0 Å². The fraction of sp³-hybridized carbons (Fsp3) is 0. The maximum atomic E-state index is 4.89. The van der Waals surface area contributed by atoms with E-state index in [1.54, 1.807) is 0 Å². The van der Waals surface area contributed by atoms with Crippen LogP contribution >= 0.6 is 18.6 Å². The molecule has 0 radical (unpaired) electrons. The molecule has 0 saturated heterocycles. The van der Waals surface area contributed by atoms with E-state index in [-0.39, 0.29) is 0 Å². The topological polar surface area (TPSA) is 26.5 Å². The molecule has 0 aliphatic heterocycles. The summed E-state index contributed by atoms with van der Waals surface area (Å²) in [5, 5.41) is 4.66. The van der Waals surface area contributed by atoms with Crippen molar-refractivity contribution in [2.45, 2.75) is 0 Å². The van der Waals surface area contributed by atoms with E-state index >= 15 is 0 Å². The first-order valence-electron chi connectivity index (χ1n) is 7.24. The number of nitrogens with zero attached hydrogens (tertiary/aromatic N) is 2. The van der Waals surface area contributed by atoms with Crippen molar-refractivity contribution in [3.8, 4) is 0 Å². The predicted molar refractivity (Wildman–Crippen MR) is 101 cm³/mol. The molecule has 2 nitrogen and oxygen atoms in total. The van der Waals surface area contributed by atoms with Gasteiger partial charge in [0.25, 0.3) is 0 Å². The normalized spacial score (nSPS) is 9.92. The Kier molecular flexibility index (Phi) is 8.65. The molecule has 120 valence electrons. The molecule has 0 aliphatic rings. The Morgan fingerprint density at radius 3 is 1.96 bits per heavy atom. The summed E-state index contributed by atoms with van der Waals surface area (Å²) < 4.78 is 0. The van der Waals surface area contributed by atoms with E-state index in [2.05, 4.69) is 10.3 Å². The summed E-state index contributed by atoms with van der Waals surface area (Å²) >= 11 is -0.556. The zero-order valence-corrected chi connectivity index (χ0v) is 15.9. The first-order valence-corrected chi connectivity index (χ1v) is 11.5. The van der Waals surface area contributed by atoms with Crippen LogP contribution in [0.25, 0.3) is 5.32 Å².